The lowest BCUT2D eigenvalue weighted by Crippen LogP contribution is -2.29. The van der Waals surface area contributed by atoms with Crippen LogP contribution in [0.25, 0.3) is 0 Å². The van der Waals surface area contributed by atoms with Crippen LogP contribution in [0.15, 0.2) is 54.2 Å². The molecule has 0 bridgehead atoms. The number of benzene rings is 1. The lowest BCUT2D eigenvalue weighted by Gasteiger charge is -2.18. The molecule has 142 valence electrons. The van der Waals surface area contributed by atoms with Crippen LogP contribution in [0.1, 0.15) is 53.8 Å². The molecule has 0 saturated heterocycles. The average molecular weight is 382 g/mol. The van der Waals surface area contributed by atoms with Crippen molar-refractivity contribution in [1.82, 2.24) is 15.1 Å². The summed E-state index contributed by atoms with van der Waals surface area (Å²) in [6.45, 7) is 2.21. The Bertz CT molecular complexity index is 837. The van der Waals surface area contributed by atoms with Gasteiger partial charge in [-0.2, -0.15) is 5.10 Å². The summed E-state index contributed by atoms with van der Waals surface area (Å²) < 4.78 is 1.77. The number of carbonyl (C=O) groups excluding carboxylic acids is 1. The minimum atomic E-state index is -0.0911. The third-order valence-corrected chi connectivity index (χ3v) is 5.60. The largest absolute Gasteiger partial charge is 0.344 e. The second kappa shape index (κ2) is 9.51. The number of thiophene rings is 1. The van der Waals surface area contributed by atoms with Crippen molar-refractivity contribution in [3.63, 3.8) is 0 Å². The number of aromatic nitrogens is 2. The Morgan fingerprint density at radius 3 is 2.63 bits per heavy atom. The van der Waals surface area contributed by atoms with E-state index in [1.165, 1.54) is 18.4 Å². The highest BCUT2D eigenvalue weighted by molar-refractivity contribution is 7.10. The van der Waals surface area contributed by atoms with Crippen LogP contribution in [0.4, 0.5) is 0 Å². The van der Waals surface area contributed by atoms with E-state index in [1.54, 1.807) is 16.0 Å². The molecule has 1 N–H and O–H groups in total. The van der Waals surface area contributed by atoms with Crippen LogP contribution in [-0.4, -0.2) is 15.7 Å². The zero-order valence-electron chi connectivity index (χ0n) is 16.0. The molecule has 0 saturated carbocycles. The minimum Gasteiger partial charge on any atom is -0.344 e. The molecule has 0 radical (unpaired) electrons. The van der Waals surface area contributed by atoms with Gasteiger partial charge >= 0.3 is 0 Å². The number of aryl methyl sites for hydroxylation is 3. The van der Waals surface area contributed by atoms with Gasteiger partial charge in [-0.3, -0.25) is 9.48 Å². The van der Waals surface area contributed by atoms with E-state index in [4.69, 9.17) is 0 Å². The van der Waals surface area contributed by atoms with E-state index in [0.29, 0.717) is 12.8 Å². The highest BCUT2D eigenvalue weighted by Gasteiger charge is 2.18. The summed E-state index contributed by atoms with van der Waals surface area (Å²) in [4.78, 5) is 13.7. The molecule has 0 aliphatic rings. The van der Waals surface area contributed by atoms with Gasteiger partial charge in [0.25, 0.3) is 0 Å². The Hall–Kier alpha value is -2.40. The first-order valence-corrected chi connectivity index (χ1v) is 10.4. The molecule has 0 aliphatic heterocycles. The van der Waals surface area contributed by atoms with Crippen molar-refractivity contribution in [2.75, 3.05) is 0 Å². The van der Waals surface area contributed by atoms with Crippen molar-refractivity contribution < 1.29 is 4.79 Å². The third kappa shape index (κ3) is 5.54. The Morgan fingerprint density at radius 1 is 1.19 bits per heavy atom. The summed E-state index contributed by atoms with van der Waals surface area (Å²) >= 11 is 1.68. The molecular weight excluding hydrogens is 354 g/mol. The van der Waals surface area contributed by atoms with Gasteiger partial charge < -0.3 is 5.32 Å². The van der Waals surface area contributed by atoms with Gasteiger partial charge in [-0.1, -0.05) is 43.7 Å². The molecule has 1 amide bonds. The lowest BCUT2D eigenvalue weighted by atomic mass is 10.0. The van der Waals surface area contributed by atoms with Crippen LogP contribution >= 0.6 is 11.3 Å². The van der Waals surface area contributed by atoms with Crippen LogP contribution in [0.3, 0.4) is 0 Å². The average Bonchev–Trinajstić information content (AvgIpc) is 3.35. The van der Waals surface area contributed by atoms with Crippen LogP contribution in [-0.2, 0) is 24.7 Å². The van der Waals surface area contributed by atoms with Crippen molar-refractivity contribution >= 4 is 17.2 Å². The lowest BCUT2D eigenvalue weighted by molar-refractivity contribution is -0.121. The molecule has 0 spiro atoms. The third-order valence-electron chi connectivity index (χ3n) is 4.66. The molecule has 2 heterocycles. The number of unbranched alkanes of at least 4 members (excludes halogenated alkanes) is 1. The Morgan fingerprint density at radius 2 is 2.00 bits per heavy atom. The summed E-state index contributed by atoms with van der Waals surface area (Å²) in [6, 6.07) is 12.7. The molecular formula is C22H27N3OS. The van der Waals surface area contributed by atoms with Crippen LogP contribution in [0.2, 0.25) is 0 Å². The Balaban J connectivity index is 1.67. The Labute approximate surface area is 165 Å². The standard InChI is InChI=1S/C22H27N3OS/c1-3-4-6-17-8-11-19(12-9-17)22(20-7-5-14-27-20)24-21(26)13-10-18-15-23-25(2)16-18/h5,7-9,11-12,14-16,22H,3-4,6,10,13H2,1-2H3,(H,24,26). The van der Waals surface area contributed by atoms with E-state index in [9.17, 15) is 4.79 Å². The summed E-state index contributed by atoms with van der Waals surface area (Å²) in [5.74, 6) is 0.0623. The van der Waals surface area contributed by atoms with E-state index < -0.39 is 0 Å². The smallest absolute Gasteiger partial charge is 0.221 e. The predicted octanol–water partition coefficient (Wildman–Crippen LogP) is 4.66. The number of hydrogen-bond donors (Lipinski definition) is 1. The van der Waals surface area contributed by atoms with Gasteiger partial charge in [0.15, 0.2) is 0 Å². The first kappa shape index (κ1) is 19.4. The van der Waals surface area contributed by atoms with Gasteiger partial charge in [0.05, 0.1) is 12.2 Å². The highest BCUT2D eigenvalue weighted by atomic mass is 32.1. The first-order chi connectivity index (χ1) is 13.2. The second-order valence-electron chi connectivity index (χ2n) is 6.88. The molecule has 1 atom stereocenters. The van der Waals surface area contributed by atoms with E-state index in [-0.39, 0.29) is 11.9 Å². The normalized spacial score (nSPS) is 12.1. The second-order valence-corrected chi connectivity index (χ2v) is 7.86. The van der Waals surface area contributed by atoms with Gasteiger partial charge in [-0.25, -0.2) is 0 Å². The summed E-state index contributed by atoms with van der Waals surface area (Å²) in [6.07, 6.45) is 8.45. The predicted molar refractivity (Wildman–Crippen MR) is 111 cm³/mol. The number of carbonyl (C=O) groups is 1. The fourth-order valence-corrected chi connectivity index (χ4v) is 3.93. The first-order valence-electron chi connectivity index (χ1n) is 9.55. The fourth-order valence-electron chi connectivity index (χ4n) is 3.12. The number of rotatable bonds is 9. The van der Waals surface area contributed by atoms with Gasteiger partial charge in [0.1, 0.15) is 0 Å². The van der Waals surface area contributed by atoms with E-state index in [1.807, 2.05) is 25.5 Å². The molecule has 0 aliphatic carbocycles. The molecule has 27 heavy (non-hydrogen) atoms. The topological polar surface area (TPSA) is 46.9 Å². The van der Waals surface area contributed by atoms with Crippen LogP contribution in [0, 0.1) is 0 Å². The molecule has 1 unspecified atom stereocenters. The van der Waals surface area contributed by atoms with E-state index in [0.717, 1.165) is 22.4 Å². The van der Waals surface area contributed by atoms with Crippen molar-refractivity contribution in [1.29, 1.82) is 0 Å². The van der Waals surface area contributed by atoms with E-state index >= 15 is 0 Å². The maximum atomic E-state index is 12.6. The van der Waals surface area contributed by atoms with Crippen LogP contribution < -0.4 is 5.32 Å². The zero-order valence-corrected chi connectivity index (χ0v) is 16.8. The number of hydrogen-bond acceptors (Lipinski definition) is 3. The van der Waals surface area contributed by atoms with Crippen molar-refractivity contribution in [3.05, 3.63) is 75.7 Å². The van der Waals surface area contributed by atoms with Crippen LogP contribution in [0.5, 0.6) is 0 Å². The maximum Gasteiger partial charge on any atom is 0.221 e. The molecule has 3 aromatic rings. The molecule has 3 rings (SSSR count). The molecule has 2 aromatic heterocycles. The summed E-state index contributed by atoms with van der Waals surface area (Å²) in [5, 5.41) is 9.43. The van der Waals surface area contributed by atoms with Crippen molar-refractivity contribution in [3.8, 4) is 0 Å². The number of nitrogens with zero attached hydrogens (tertiary/aromatic N) is 2. The van der Waals surface area contributed by atoms with Gasteiger partial charge in [0.2, 0.25) is 5.91 Å². The highest BCUT2D eigenvalue weighted by Crippen LogP contribution is 2.26. The molecule has 5 heteroatoms. The maximum absolute atomic E-state index is 12.6. The van der Waals surface area contributed by atoms with E-state index in [2.05, 4.69) is 53.1 Å². The molecule has 4 nitrogen and oxygen atoms in total. The quantitative estimate of drug-likeness (QED) is 0.586. The fraction of sp³-hybridized carbons (Fsp3) is 0.364. The minimum absolute atomic E-state index is 0.0623. The van der Waals surface area contributed by atoms with Crippen molar-refractivity contribution in [2.24, 2.45) is 7.05 Å². The van der Waals surface area contributed by atoms with Crippen molar-refractivity contribution in [2.45, 2.75) is 45.1 Å². The SMILES string of the molecule is CCCCc1ccc(C(NC(=O)CCc2cnn(C)c2)c2cccs2)cc1. The summed E-state index contributed by atoms with van der Waals surface area (Å²) in [5.41, 5.74) is 3.57. The molecule has 1 aromatic carbocycles. The number of nitrogens with one attached hydrogen (secondary N) is 1. The summed E-state index contributed by atoms with van der Waals surface area (Å²) in [7, 11) is 1.89. The van der Waals surface area contributed by atoms with Gasteiger partial charge in [-0.05, 0) is 47.4 Å². The Kier molecular flexibility index (Phi) is 6.82. The molecule has 0 fully saturated rings. The van der Waals surface area contributed by atoms with Gasteiger partial charge in [-0.15, -0.1) is 11.3 Å². The zero-order chi connectivity index (χ0) is 19.1. The number of amides is 1. The van der Waals surface area contributed by atoms with Gasteiger partial charge in [0, 0.05) is 24.5 Å². The monoisotopic (exact) mass is 381 g/mol.